The lowest BCUT2D eigenvalue weighted by atomic mass is 10.1. The van der Waals surface area contributed by atoms with Gasteiger partial charge in [-0.1, -0.05) is 44.2 Å². The fourth-order valence-electron chi connectivity index (χ4n) is 1.45. The zero-order valence-electron chi connectivity index (χ0n) is 11.1. The molecule has 3 heteroatoms. The zero-order valence-corrected chi connectivity index (χ0v) is 11.1. The van der Waals surface area contributed by atoms with Crippen LogP contribution in [0.15, 0.2) is 35.3 Å². The predicted octanol–water partition coefficient (Wildman–Crippen LogP) is 2.13. The van der Waals surface area contributed by atoms with Gasteiger partial charge in [-0.25, -0.2) is 0 Å². The van der Waals surface area contributed by atoms with E-state index < -0.39 is 0 Å². The number of nitrogens with zero attached hydrogens (tertiary/aromatic N) is 2. The first-order chi connectivity index (χ1) is 8.09. The summed E-state index contributed by atoms with van der Waals surface area (Å²) in [6, 6.07) is 10.4. The first-order valence-corrected chi connectivity index (χ1v) is 6.14. The maximum atomic E-state index is 5.91. The van der Waals surface area contributed by atoms with Gasteiger partial charge in [-0.15, -0.1) is 0 Å². The molecule has 1 aromatic carbocycles. The molecular weight excluding hydrogens is 210 g/mol. The molecule has 0 saturated carbocycles. The Morgan fingerprint density at radius 1 is 1.29 bits per heavy atom. The van der Waals surface area contributed by atoms with Crippen molar-refractivity contribution in [1.29, 1.82) is 0 Å². The van der Waals surface area contributed by atoms with Gasteiger partial charge < -0.3 is 10.6 Å². The highest BCUT2D eigenvalue weighted by Crippen LogP contribution is 2.00. The van der Waals surface area contributed by atoms with Crippen LogP contribution in [0.25, 0.3) is 0 Å². The molecule has 0 bridgehead atoms. The van der Waals surface area contributed by atoms with Gasteiger partial charge in [0.15, 0.2) is 5.96 Å². The Hall–Kier alpha value is -1.51. The SMILES string of the molecule is CC(C)CN=C(N)N(C)CCc1ccccc1. The number of guanidine groups is 1. The van der Waals surface area contributed by atoms with E-state index in [9.17, 15) is 0 Å². The van der Waals surface area contributed by atoms with Crippen molar-refractivity contribution in [3.63, 3.8) is 0 Å². The third-order valence-electron chi connectivity index (χ3n) is 2.59. The minimum atomic E-state index is 0.552. The molecule has 0 heterocycles. The normalized spacial score (nSPS) is 11.9. The van der Waals surface area contributed by atoms with E-state index in [2.05, 4.69) is 43.1 Å². The van der Waals surface area contributed by atoms with Crippen LogP contribution >= 0.6 is 0 Å². The minimum Gasteiger partial charge on any atom is -0.370 e. The lowest BCUT2D eigenvalue weighted by Crippen LogP contribution is -2.35. The number of benzene rings is 1. The fraction of sp³-hybridized carbons (Fsp3) is 0.500. The smallest absolute Gasteiger partial charge is 0.191 e. The number of hydrogen-bond acceptors (Lipinski definition) is 1. The molecule has 0 aliphatic carbocycles. The molecule has 1 rings (SSSR count). The summed E-state index contributed by atoms with van der Waals surface area (Å²) in [7, 11) is 1.99. The Kier molecular flexibility index (Phi) is 5.53. The largest absolute Gasteiger partial charge is 0.370 e. The highest BCUT2D eigenvalue weighted by Gasteiger charge is 2.02. The third-order valence-corrected chi connectivity index (χ3v) is 2.59. The Morgan fingerprint density at radius 3 is 2.53 bits per heavy atom. The Labute approximate surface area is 104 Å². The molecule has 0 spiro atoms. The van der Waals surface area contributed by atoms with Crippen molar-refractivity contribution in [3.8, 4) is 0 Å². The molecular formula is C14H23N3. The van der Waals surface area contributed by atoms with Gasteiger partial charge in [0.1, 0.15) is 0 Å². The second kappa shape index (κ2) is 6.94. The monoisotopic (exact) mass is 233 g/mol. The maximum absolute atomic E-state index is 5.91. The van der Waals surface area contributed by atoms with Crippen molar-refractivity contribution < 1.29 is 0 Å². The molecule has 2 N–H and O–H groups in total. The quantitative estimate of drug-likeness (QED) is 0.625. The van der Waals surface area contributed by atoms with Gasteiger partial charge >= 0.3 is 0 Å². The molecule has 0 atom stereocenters. The number of rotatable bonds is 5. The van der Waals surface area contributed by atoms with Crippen LogP contribution in [0.3, 0.4) is 0 Å². The molecule has 17 heavy (non-hydrogen) atoms. The van der Waals surface area contributed by atoms with Crippen LogP contribution in [0.2, 0.25) is 0 Å². The summed E-state index contributed by atoms with van der Waals surface area (Å²) < 4.78 is 0. The first-order valence-electron chi connectivity index (χ1n) is 6.14. The number of nitrogens with two attached hydrogens (primary N) is 1. The highest BCUT2D eigenvalue weighted by atomic mass is 15.2. The summed E-state index contributed by atoms with van der Waals surface area (Å²) in [6.07, 6.45) is 0.995. The molecule has 0 radical (unpaired) electrons. The Balaban J connectivity index is 2.39. The summed E-state index contributed by atoms with van der Waals surface area (Å²) in [5.74, 6) is 1.19. The van der Waals surface area contributed by atoms with E-state index in [0.717, 1.165) is 19.5 Å². The number of aliphatic imine (C=N–C) groups is 1. The van der Waals surface area contributed by atoms with Crippen LogP contribution in [-0.2, 0) is 6.42 Å². The molecule has 0 aliphatic heterocycles. The molecule has 0 aliphatic rings. The molecule has 0 saturated heterocycles. The van der Waals surface area contributed by atoms with E-state index in [1.807, 2.05) is 18.0 Å². The van der Waals surface area contributed by atoms with Crippen LogP contribution < -0.4 is 5.73 Å². The van der Waals surface area contributed by atoms with Crippen LogP contribution in [0.4, 0.5) is 0 Å². The van der Waals surface area contributed by atoms with Crippen molar-refractivity contribution in [2.75, 3.05) is 20.1 Å². The van der Waals surface area contributed by atoms with Crippen molar-refractivity contribution in [2.24, 2.45) is 16.6 Å². The summed E-state index contributed by atoms with van der Waals surface area (Å²) in [5.41, 5.74) is 7.24. The molecule has 0 unspecified atom stereocenters. The standard InChI is InChI=1S/C14H23N3/c1-12(2)11-16-14(15)17(3)10-9-13-7-5-4-6-8-13/h4-8,12H,9-11H2,1-3H3,(H2,15,16). The van der Waals surface area contributed by atoms with Crippen molar-refractivity contribution in [1.82, 2.24) is 4.90 Å². The van der Waals surface area contributed by atoms with E-state index >= 15 is 0 Å². The Morgan fingerprint density at radius 2 is 1.94 bits per heavy atom. The van der Waals surface area contributed by atoms with Crippen molar-refractivity contribution >= 4 is 5.96 Å². The first kappa shape index (κ1) is 13.6. The van der Waals surface area contributed by atoms with Gasteiger partial charge in [0.25, 0.3) is 0 Å². The summed E-state index contributed by atoms with van der Waals surface area (Å²) in [4.78, 5) is 6.37. The van der Waals surface area contributed by atoms with Crippen molar-refractivity contribution in [2.45, 2.75) is 20.3 Å². The third kappa shape index (κ3) is 5.38. The summed E-state index contributed by atoms with van der Waals surface area (Å²) in [5, 5.41) is 0. The van der Waals surface area contributed by atoms with Crippen LogP contribution in [0.1, 0.15) is 19.4 Å². The number of hydrogen-bond donors (Lipinski definition) is 1. The molecule has 0 aromatic heterocycles. The van der Waals surface area contributed by atoms with Gasteiger partial charge in [0.2, 0.25) is 0 Å². The fourth-order valence-corrected chi connectivity index (χ4v) is 1.45. The van der Waals surface area contributed by atoms with Gasteiger partial charge in [0.05, 0.1) is 0 Å². The van der Waals surface area contributed by atoms with Gasteiger partial charge in [0, 0.05) is 20.1 Å². The maximum Gasteiger partial charge on any atom is 0.191 e. The van der Waals surface area contributed by atoms with Crippen LogP contribution in [-0.4, -0.2) is 31.0 Å². The minimum absolute atomic E-state index is 0.552. The van der Waals surface area contributed by atoms with E-state index in [1.165, 1.54) is 5.56 Å². The molecule has 94 valence electrons. The van der Waals surface area contributed by atoms with E-state index in [0.29, 0.717) is 11.9 Å². The van der Waals surface area contributed by atoms with Crippen LogP contribution in [0, 0.1) is 5.92 Å². The van der Waals surface area contributed by atoms with E-state index in [1.54, 1.807) is 0 Å². The van der Waals surface area contributed by atoms with Crippen LogP contribution in [0.5, 0.6) is 0 Å². The number of likely N-dealkylation sites (N-methyl/N-ethyl adjacent to an activating group) is 1. The molecule has 3 nitrogen and oxygen atoms in total. The van der Waals surface area contributed by atoms with Gasteiger partial charge in [-0.3, -0.25) is 4.99 Å². The summed E-state index contributed by atoms with van der Waals surface area (Å²) in [6.45, 7) is 5.97. The second-order valence-corrected chi connectivity index (χ2v) is 4.75. The van der Waals surface area contributed by atoms with E-state index in [-0.39, 0.29) is 0 Å². The average molecular weight is 233 g/mol. The van der Waals surface area contributed by atoms with Gasteiger partial charge in [-0.05, 0) is 17.9 Å². The van der Waals surface area contributed by atoms with E-state index in [4.69, 9.17) is 5.73 Å². The average Bonchev–Trinajstić information content (AvgIpc) is 2.34. The lowest BCUT2D eigenvalue weighted by Gasteiger charge is -2.18. The molecule has 0 amide bonds. The zero-order chi connectivity index (χ0) is 12.7. The van der Waals surface area contributed by atoms with Crippen molar-refractivity contribution in [3.05, 3.63) is 35.9 Å². The predicted molar refractivity (Wildman–Crippen MR) is 74.1 cm³/mol. The molecule has 1 aromatic rings. The Bertz CT molecular complexity index is 344. The second-order valence-electron chi connectivity index (χ2n) is 4.75. The van der Waals surface area contributed by atoms with Gasteiger partial charge in [-0.2, -0.15) is 0 Å². The summed E-state index contributed by atoms with van der Waals surface area (Å²) >= 11 is 0. The molecule has 0 fully saturated rings. The lowest BCUT2D eigenvalue weighted by molar-refractivity contribution is 0.496. The highest BCUT2D eigenvalue weighted by molar-refractivity contribution is 5.77. The topological polar surface area (TPSA) is 41.6 Å².